The molecule has 1 heteroatoms. The zero-order chi connectivity index (χ0) is 9.07. The van der Waals surface area contributed by atoms with Crippen molar-refractivity contribution < 1.29 is 0 Å². The van der Waals surface area contributed by atoms with Crippen LogP contribution in [0, 0.1) is 5.92 Å². The Morgan fingerprint density at radius 2 is 2.00 bits per heavy atom. The lowest BCUT2D eigenvalue weighted by Crippen LogP contribution is -2.21. The van der Waals surface area contributed by atoms with Crippen molar-refractivity contribution in [2.75, 3.05) is 0 Å². The van der Waals surface area contributed by atoms with Gasteiger partial charge in [-0.15, -0.1) is 11.6 Å². The van der Waals surface area contributed by atoms with Crippen LogP contribution in [0.25, 0.3) is 0 Å². The molecule has 0 aliphatic heterocycles. The summed E-state index contributed by atoms with van der Waals surface area (Å²) in [5.41, 5.74) is 1.42. The van der Waals surface area contributed by atoms with Crippen molar-refractivity contribution in [2.45, 2.75) is 45.9 Å². The summed E-state index contributed by atoms with van der Waals surface area (Å²) in [6.07, 6.45) is 3.26. The third-order valence-corrected chi connectivity index (χ3v) is 2.67. The Kier molecular flexibility index (Phi) is 4.17. The van der Waals surface area contributed by atoms with Gasteiger partial charge in [0.2, 0.25) is 0 Å². The summed E-state index contributed by atoms with van der Waals surface area (Å²) in [5, 5.41) is 0. The van der Waals surface area contributed by atoms with Crippen molar-refractivity contribution in [2.24, 2.45) is 5.92 Å². The highest BCUT2D eigenvalue weighted by atomic mass is 35.5. The lowest BCUT2D eigenvalue weighted by molar-refractivity contribution is 0.448. The Balaban J connectivity index is 3.98. The van der Waals surface area contributed by atoms with Gasteiger partial charge in [-0.05, 0) is 40.0 Å². The van der Waals surface area contributed by atoms with Gasteiger partial charge in [-0.3, -0.25) is 0 Å². The zero-order valence-corrected chi connectivity index (χ0v) is 9.00. The summed E-state index contributed by atoms with van der Waals surface area (Å²) in [5.74, 6) is 0.542. The minimum atomic E-state index is -0.0791. The molecule has 0 radical (unpaired) electrons. The summed E-state index contributed by atoms with van der Waals surface area (Å²) in [7, 11) is 0. The first kappa shape index (κ1) is 11.0. The van der Waals surface area contributed by atoms with E-state index < -0.39 is 0 Å². The van der Waals surface area contributed by atoms with Crippen LogP contribution in [0.4, 0.5) is 0 Å². The fourth-order valence-electron chi connectivity index (χ4n) is 0.844. The van der Waals surface area contributed by atoms with Gasteiger partial charge in [0.1, 0.15) is 0 Å². The molecule has 0 aromatic rings. The van der Waals surface area contributed by atoms with E-state index in [9.17, 15) is 0 Å². The second kappa shape index (κ2) is 4.15. The molecule has 0 fully saturated rings. The van der Waals surface area contributed by atoms with Crippen LogP contribution in [-0.4, -0.2) is 4.87 Å². The van der Waals surface area contributed by atoms with E-state index in [0.29, 0.717) is 5.92 Å². The van der Waals surface area contributed by atoms with Gasteiger partial charge < -0.3 is 0 Å². The van der Waals surface area contributed by atoms with Crippen LogP contribution in [0.15, 0.2) is 11.6 Å². The fourth-order valence-corrected chi connectivity index (χ4v) is 0.921. The van der Waals surface area contributed by atoms with E-state index in [1.165, 1.54) is 5.57 Å². The molecular weight excluding hydrogens is 156 g/mol. The van der Waals surface area contributed by atoms with E-state index in [2.05, 4.69) is 40.7 Å². The van der Waals surface area contributed by atoms with Crippen LogP contribution in [0.2, 0.25) is 0 Å². The Morgan fingerprint density at radius 1 is 1.55 bits per heavy atom. The number of hydrogen-bond donors (Lipinski definition) is 0. The first-order chi connectivity index (χ1) is 4.88. The maximum atomic E-state index is 6.16. The molecule has 0 aliphatic rings. The van der Waals surface area contributed by atoms with E-state index >= 15 is 0 Å². The van der Waals surface area contributed by atoms with Gasteiger partial charge in [-0.1, -0.05) is 18.6 Å². The molecule has 0 rings (SSSR count). The zero-order valence-electron chi connectivity index (χ0n) is 8.24. The molecule has 0 N–H and O–H groups in total. The molecule has 0 bridgehead atoms. The third kappa shape index (κ3) is 4.47. The standard InChI is InChI=1S/C10H19Cl/c1-6-8(2)7-9(3)10(4,5)11/h6,9H,7H2,1-5H3/b8-6+. The van der Waals surface area contributed by atoms with Crippen molar-refractivity contribution in [3.8, 4) is 0 Å². The molecular formula is C10H19Cl. The Morgan fingerprint density at radius 3 is 2.27 bits per heavy atom. The topological polar surface area (TPSA) is 0 Å². The van der Waals surface area contributed by atoms with Gasteiger partial charge in [0, 0.05) is 4.87 Å². The van der Waals surface area contributed by atoms with Gasteiger partial charge >= 0.3 is 0 Å². The average Bonchev–Trinajstić information content (AvgIpc) is 1.85. The molecule has 11 heavy (non-hydrogen) atoms. The van der Waals surface area contributed by atoms with Gasteiger partial charge in [0.15, 0.2) is 0 Å². The minimum Gasteiger partial charge on any atom is -0.120 e. The first-order valence-corrected chi connectivity index (χ1v) is 4.56. The second-order valence-corrected chi connectivity index (χ2v) is 4.78. The average molecular weight is 175 g/mol. The van der Waals surface area contributed by atoms with Crippen molar-refractivity contribution in [1.29, 1.82) is 0 Å². The number of hydrogen-bond acceptors (Lipinski definition) is 0. The fraction of sp³-hybridized carbons (Fsp3) is 0.800. The van der Waals surface area contributed by atoms with Crippen LogP contribution in [-0.2, 0) is 0 Å². The maximum Gasteiger partial charge on any atom is 0.0419 e. The Hall–Kier alpha value is 0.0300. The molecule has 0 amide bonds. The van der Waals surface area contributed by atoms with Crippen molar-refractivity contribution in [3.63, 3.8) is 0 Å². The minimum absolute atomic E-state index is 0.0791. The molecule has 0 aromatic carbocycles. The Bertz CT molecular complexity index is 139. The lowest BCUT2D eigenvalue weighted by atomic mass is 9.90. The molecule has 0 nitrogen and oxygen atoms in total. The van der Waals surface area contributed by atoms with Crippen molar-refractivity contribution in [3.05, 3.63) is 11.6 Å². The quantitative estimate of drug-likeness (QED) is 0.448. The number of alkyl halides is 1. The smallest absolute Gasteiger partial charge is 0.0419 e. The van der Waals surface area contributed by atoms with Crippen LogP contribution in [0.1, 0.15) is 41.0 Å². The third-order valence-electron chi connectivity index (χ3n) is 2.29. The number of allylic oxidation sites excluding steroid dienone is 2. The van der Waals surface area contributed by atoms with Crippen LogP contribution >= 0.6 is 11.6 Å². The Labute approximate surface area is 75.6 Å². The van der Waals surface area contributed by atoms with E-state index in [0.717, 1.165) is 6.42 Å². The van der Waals surface area contributed by atoms with Crippen molar-refractivity contribution >= 4 is 11.6 Å². The summed E-state index contributed by atoms with van der Waals surface area (Å²) in [6.45, 7) is 10.6. The van der Waals surface area contributed by atoms with Crippen LogP contribution in [0.3, 0.4) is 0 Å². The molecule has 0 saturated carbocycles. The van der Waals surface area contributed by atoms with E-state index in [1.807, 2.05) is 0 Å². The molecule has 0 aliphatic carbocycles. The monoisotopic (exact) mass is 174 g/mol. The number of halogens is 1. The molecule has 0 aromatic heterocycles. The molecule has 1 atom stereocenters. The predicted molar refractivity (Wildman–Crippen MR) is 53.1 cm³/mol. The van der Waals surface area contributed by atoms with Crippen molar-refractivity contribution in [1.82, 2.24) is 0 Å². The second-order valence-electron chi connectivity index (χ2n) is 3.80. The molecule has 0 saturated heterocycles. The summed E-state index contributed by atoms with van der Waals surface area (Å²) >= 11 is 6.16. The van der Waals surface area contributed by atoms with Crippen LogP contribution in [0.5, 0.6) is 0 Å². The van der Waals surface area contributed by atoms with Gasteiger partial charge in [-0.25, -0.2) is 0 Å². The number of rotatable bonds is 3. The lowest BCUT2D eigenvalue weighted by Gasteiger charge is -2.24. The molecule has 0 spiro atoms. The maximum absolute atomic E-state index is 6.16. The summed E-state index contributed by atoms with van der Waals surface area (Å²) in [4.78, 5) is -0.0791. The largest absolute Gasteiger partial charge is 0.120 e. The van der Waals surface area contributed by atoms with Gasteiger partial charge in [-0.2, -0.15) is 0 Å². The predicted octanol–water partition coefficient (Wildman–Crippen LogP) is 4.00. The molecule has 1 unspecified atom stereocenters. The van der Waals surface area contributed by atoms with E-state index in [-0.39, 0.29) is 4.87 Å². The van der Waals surface area contributed by atoms with E-state index in [1.54, 1.807) is 0 Å². The molecule has 66 valence electrons. The van der Waals surface area contributed by atoms with Crippen LogP contribution < -0.4 is 0 Å². The highest BCUT2D eigenvalue weighted by Crippen LogP contribution is 2.28. The highest BCUT2D eigenvalue weighted by Gasteiger charge is 2.22. The molecule has 0 heterocycles. The van der Waals surface area contributed by atoms with Gasteiger partial charge in [0.25, 0.3) is 0 Å². The normalized spacial score (nSPS) is 16.7. The van der Waals surface area contributed by atoms with E-state index in [4.69, 9.17) is 11.6 Å². The summed E-state index contributed by atoms with van der Waals surface area (Å²) < 4.78 is 0. The highest BCUT2D eigenvalue weighted by molar-refractivity contribution is 6.23. The SMILES string of the molecule is C/C=C(\C)CC(C)C(C)(C)Cl. The summed E-state index contributed by atoms with van der Waals surface area (Å²) in [6, 6.07) is 0. The first-order valence-electron chi connectivity index (χ1n) is 4.18. The van der Waals surface area contributed by atoms with Gasteiger partial charge in [0.05, 0.1) is 0 Å².